The van der Waals surface area contributed by atoms with Crippen LogP contribution in [-0.2, 0) is 37.5 Å². The quantitative estimate of drug-likeness (QED) is 0.00840. The number of hydrogen-bond donors (Lipinski definition) is 6. The lowest BCUT2D eigenvalue weighted by molar-refractivity contribution is -0.220. The number of ketones is 1. The van der Waals surface area contributed by atoms with Crippen LogP contribution in [0.1, 0.15) is 174 Å². The zero-order chi connectivity index (χ0) is 48.7. The van der Waals surface area contributed by atoms with Gasteiger partial charge in [0.05, 0.1) is 6.61 Å². The lowest BCUT2D eigenvalue weighted by Crippen LogP contribution is -2.64. The molecule has 3 unspecified atom stereocenters. The van der Waals surface area contributed by atoms with Crippen molar-refractivity contribution < 1.29 is 67.9 Å². The Kier molecular flexibility index (Phi) is 36.9. The molecule has 6 N–H and O–H groups in total. The number of carbonyl (C=O) groups is 3. The monoisotopic (exact) mass is 953 g/mol. The summed E-state index contributed by atoms with van der Waals surface area (Å²) in [6.07, 6.45) is 33.7. The molecule has 0 bridgehead atoms. The molecule has 0 spiro atoms. The zero-order valence-electron chi connectivity index (χ0n) is 40.0. The fourth-order valence-electron chi connectivity index (χ4n) is 6.98. The molecule has 15 heteroatoms. The molecule has 0 saturated heterocycles. The van der Waals surface area contributed by atoms with Crippen molar-refractivity contribution in [3.8, 4) is 0 Å². The molecule has 0 amide bonds. The van der Waals surface area contributed by atoms with E-state index in [9.17, 15) is 49.4 Å². The third-order valence-electron chi connectivity index (χ3n) is 11.0. The number of allylic oxidation sites excluding steroid dienone is 12. The molecule has 0 radical (unpaired) electrons. The van der Waals surface area contributed by atoms with Crippen molar-refractivity contribution >= 4 is 25.5 Å². The number of aliphatic hydroxyl groups is 5. The third kappa shape index (κ3) is 31.8. The summed E-state index contributed by atoms with van der Waals surface area (Å²) in [7, 11) is -5.19. The minimum Gasteiger partial charge on any atom is -0.462 e. The molecule has 1 fully saturated rings. The summed E-state index contributed by atoms with van der Waals surface area (Å²) in [5.41, 5.74) is 0. The van der Waals surface area contributed by atoms with Crippen molar-refractivity contribution in [3.63, 3.8) is 0 Å². The maximum Gasteiger partial charge on any atom is 0.472 e. The van der Waals surface area contributed by atoms with Crippen LogP contribution in [0.3, 0.4) is 0 Å². The second kappa shape index (κ2) is 39.9. The Morgan fingerprint density at radius 1 is 0.515 bits per heavy atom. The third-order valence-corrected chi connectivity index (χ3v) is 12.0. The molecule has 378 valence electrons. The molecule has 66 heavy (non-hydrogen) atoms. The van der Waals surface area contributed by atoms with E-state index in [1.807, 2.05) is 6.08 Å². The summed E-state index contributed by atoms with van der Waals surface area (Å²) in [6, 6.07) is 0. The van der Waals surface area contributed by atoms with E-state index >= 15 is 0 Å². The van der Waals surface area contributed by atoms with Crippen LogP contribution in [0.2, 0.25) is 0 Å². The number of phosphoric acid groups is 1. The summed E-state index contributed by atoms with van der Waals surface area (Å²) in [5.74, 6) is -1.57. The van der Waals surface area contributed by atoms with Gasteiger partial charge in [0.25, 0.3) is 0 Å². The molecule has 0 aromatic heterocycles. The Morgan fingerprint density at radius 2 is 0.970 bits per heavy atom. The first-order chi connectivity index (χ1) is 31.8. The fourth-order valence-corrected chi connectivity index (χ4v) is 7.95. The Labute approximate surface area is 395 Å². The second-order valence-electron chi connectivity index (χ2n) is 17.0. The molecule has 14 nitrogen and oxygen atoms in total. The molecule has 0 aromatic carbocycles. The summed E-state index contributed by atoms with van der Waals surface area (Å²) in [5, 5.41) is 50.2. The molecule has 0 aliphatic heterocycles. The zero-order valence-corrected chi connectivity index (χ0v) is 40.9. The molecule has 1 rings (SSSR count). The van der Waals surface area contributed by atoms with E-state index in [0.717, 1.165) is 57.8 Å². The fraction of sp³-hybridized carbons (Fsp3) is 0.706. The molecular formula is C51H85O14P. The van der Waals surface area contributed by atoms with Crippen LogP contribution in [0.15, 0.2) is 72.9 Å². The van der Waals surface area contributed by atoms with Crippen molar-refractivity contribution in [2.24, 2.45) is 0 Å². The van der Waals surface area contributed by atoms with Gasteiger partial charge in [-0.25, -0.2) is 4.57 Å². The van der Waals surface area contributed by atoms with Crippen LogP contribution >= 0.6 is 7.82 Å². The van der Waals surface area contributed by atoms with E-state index in [1.165, 1.54) is 76.7 Å². The number of hydrogen-bond acceptors (Lipinski definition) is 13. The van der Waals surface area contributed by atoms with E-state index in [0.29, 0.717) is 6.42 Å². The first-order valence-electron chi connectivity index (χ1n) is 24.7. The van der Waals surface area contributed by atoms with Crippen LogP contribution in [0.4, 0.5) is 0 Å². The van der Waals surface area contributed by atoms with Gasteiger partial charge in [-0.2, -0.15) is 0 Å². The molecule has 1 aliphatic carbocycles. The maximum absolute atomic E-state index is 12.8. The number of carbonyl (C=O) groups excluding carboxylic acids is 3. The first-order valence-corrected chi connectivity index (χ1v) is 26.2. The summed E-state index contributed by atoms with van der Waals surface area (Å²) >= 11 is 0. The van der Waals surface area contributed by atoms with Gasteiger partial charge in [-0.3, -0.25) is 23.4 Å². The maximum atomic E-state index is 12.8. The van der Waals surface area contributed by atoms with Gasteiger partial charge in [-0.05, 0) is 76.7 Å². The normalized spacial score (nSPS) is 21.8. The van der Waals surface area contributed by atoms with Crippen LogP contribution in [0.25, 0.3) is 0 Å². The van der Waals surface area contributed by atoms with Crippen LogP contribution in [0, 0.1) is 0 Å². The van der Waals surface area contributed by atoms with Gasteiger partial charge in [0.2, 0.25) is 0 Å². The largest absolute Gasteiger partial charge is 0.472 e. The van der Waals surface area contributed by atoms with Gasteiger partial charge in [0.15, 0.2) is 11.9 Å². The minimum absolute atomic E-state index is 0.0494. The number of aliphatic hydroxyl groups excluding tert-OH is 5. The number of esters is 2. The van der Waals surface area contributed by atoms with Gasteiger partial charge >= 0.3 is 19.8 Å². The Morgan fingerprint density at radius 3 is 1.52 bits per heavy atom. The highest BCUT2D eigenvalue weighted by molar-refractivity contribution is 7.47. The molecule has 1 saturated carbocycles. The van der Waals surface area contributed by atoms with E-state index in [1.54, 1.807) is 12.2 Å². The summed E-state index contributed by atoms with van der Waals surface area (Å²) in [4.78, 5) is 48.1. The average molecular weight is 953 g/mol. The standard InChI is InChI=1S/C51H85O14P/c1-3-5-7-9-11-13-15-17-18-19-20-21-22-24-26-28-30-32-34-38-44(53)62-40-43(41-63-66(60,61)65-51-49(58)47(56)46(55)48(57)50(51)59)64-45(54)39-35-37-42(52)36-33-31-29-27-25-23-16-14-12-10-8-6-4-2/h11-14,17-18,23,25,29,31,33,36,43,46-51,55-59H,3-10,15-16,19-22,24,26-28,30,32,34-35,37-41H2,1-2H3,(H,60,61)/b13-11-,14-12-,18-17-,25-23-,31-29-,36-33+/t43-,46?,47-,48+,49-,50-,51?/m1/s1. The number of rotatable bonds is 40. The van der Waals surface area contributed by atoms with Crippen molar-refractivity contribution in [1.29, 1.82) is 0 Å². The van der Waals surface area contributed by atoms with Crippen molar-refractivity contribution in [1.82, 2.24) is 0 Å². The van der Waals surface area contributed by atoms with Gasteiger partial charge in [-0.15, -0.1) is 0 Å². The minimum atomic E-state index is -5.19. The predicted molar refractivity (Wildman–Crippen MR) is 258 cm³/mol. The Balaban J connectivity index is 2.51. The molecule has 0 heterocycles. The van der Waals surface area contributed by atoms with Crippen LogP contribution in [0.5, 0.6) is 0 Å². The lowest BCUT2D eigenvalue weighted by atomic mass is 9.85. The molecule has 0 aromatic rings. The van der Waals surface area contributed by atoms with Gasteiger partial charge < -0.3 is 39.9 Å². The number of unbranched alkanes of at least 4 members (excludes halogenated alkanes) is 15. The first kappa shape index (κ1) is 61.0. The predicted octanol–water partition coefficient (Wildman–Crippen LogP) is 9.46. The van der Waals surface area contributed by atoms with Crippen LogP contribution in [-0.4, -0.2) is 104 Å². The van der Waals surface area contributed by atoms with Crippen molar-refractivity contribution in [3.05, 3.63) is 72.9 Å². The van der Waals surface area contributed by atoms with E-state index in [-0.39, 0.29) is 31.5 Å². The van der Waals surface area contributed by atoms with Gasteiger partial charge in [0.1, 0.15) is 43.2 Å². The highest BCUT2D eigenvalue weighted by Gasteiger charge is 2.51. The SMILES string of the molecule is CCCCC/C=C\C/C=C\C/C=C\C=C\C(=O)CCCC(=O)O[C@H](COC(=O)CCCCCCCCCCC/C=C\C/C=C\CCCCC)COP(=O)(O)OC1[C@H](O)[C@H](O)C(O)[C@H](O)[C@H]1O. The Hall–Kier alpha value is -3.04. The number of ether oxygens (including phenoxy) is 2. The smallest absolute Gasteiger partial charge is 0.462 e. The van der Waals surface area contributed by atoms with Gasteiger partial charge in [0, 0.05) is 19.3 Å². The highest BCUT2D eigenvalue weighted by atomic mass is 31.2. The summed E-state index contributed by atoms with van der Waals surface area (Å²) < 4.78 is 33.4. The molecular weight excluding hydrogens is 868 g/mol. The highest BCUT2D eigenvalue weighted by Crippen LogP contribution is 2.47. The summed E-state index contributed by atoms with van der Waals surface area (Å²) in [6.45, 7) is 3.04. The Bertz CT molecular complexity index is 1490. The topological polar surface area (TPSA) is 227 Å². The number of phosphoric ester groups is 1. The van der Waals surface area contributed by atoms with Crippen LogP contribution < -0.4 is 0 Å². The average Bonchev–Trinajstić information content (AvgIpc) is 3.29. The van der Waals surface area contributed by atoms with Gasteiger partial charge in [-0.1, -0.05) is 151 Å². The lowest BCUT2D eigenvalue weighted by Gasteiger charge is -2.41. The molecule has 1 aliphatic rings. The second-order valence-corrected chi connectivity index (χ2v) is 18.4. The van der Waals surface area contributed by atoms with Crippen molar-refractivity contribution in [2.45, 2.75) is 217 Å². The van der Waals surface area contributed by atoms with E-state index in [4.69, 9.17) is 18.5 Å². The van der Waals surface area contributed by atoms with E-state index < -0.39 is 75.7 Å². The van der Waals surface area contributed by atoms with E-state index in [2.05, 4.69) is 62.5 Å². The van der Waals surface area contributed by atoms with Crippen molar-refractivity contribution in [2.75, 3.05) is 13.2 Å². The molecule has 8 atom stereocenters.